The number of aliphatic carboxylic acids is 1. The van der Waals surface area contributed by atoms with Crippen molar-refractivity contribution in [2.45, 2.75) is 37.3 Å². The van der Waals surface area contributed by atoms with Crippen LogP contribution in [-0.2, 0) is 9.53 Å². The van der Waals surface area contributed by atoms with Gasteiger partial charge < -0.3 is 14.9 Å². The molecule has 0 bridgehead atoms. The van der Waals surface area contributed by atoms with E-state index >= 15 is 0 Å². The van der Waals surface area contributed by atoms with E-state index in [0.29, 0.717) is 6.54 Å². The minimum absolute atomic E-state index is 0.116. The van der Waals surface area contributed by atoms with E-state index in [1.807, 2.05) is 0 Å². The molecule has 0 aromatic heterocycles. The lowest BCUT2D eigenvalue weighted by molar-refractivity contribution is -0.141. The van der Waals surface area contributed by atoms with Crippen LogP contribution in [0.5, 0.6) is 0 Å². The summed E-state index contributed by atoms with van der Waals surface area (Å²) in [7, 11) is 1.46. The van der Waals surface area contributed by atoms with Crippen LogP contribution in [0.25, 0.3) is 0 Å². The van der Waals surface area contributed by atoms with Gasteiger partial charge in [0.1, 0.15) is 6.04 Å². The first kappa shape index (κ1) is 12.4. The fraction of sp³-hybridized carbons (Fsp3) is 0.900. The maximum absolute atomic E-state index is 10.8. The van der Waals surface area contributed by atoms with Gasteiger partial charge in [-0.3, -0.25) is 10.1 Å². The molecule has 5 heteroatoms. The van der Waals surface area contributed by atoms with E-state index in [9.17, 15) is 9.90 Å². The number of nitrogens with one attached hydrogen (secondary N) is 1. The van der Waals surface area contributed by atoms with E-state index in [-0.39, 0.29) is 6.61 Å². The number of hydrogen-bond acceptors (Lipinski definition) is 4. The monoisotopic (exact) mass is 217 g/mol. The second-order valence-corrected chi connectivity index (χ2v) is 4.16. The molecule has 1 unspecified atom stereocenters. The predicted octanol–water partition coefficient (Wildman–Crippen LogP) is -0.0193. The molecule has 0 aliphatic heterocycles. The summed E-state index contributed by atoms with van der Waals surface area (Å²) in [6.07, 6.45) is 3.53. The van der Waals surface area contributed by atoms with Gasteiger partial charge in [0, 0.05) is 13.7 Å². The molecule has 0 heterocycles. The van der Waals surface area contributed by atoms with E-state index < -0.39 is 17.6 Å². The van der Waals surface area contributed by atoms with Crippen molar-refractivity contribution in [3.05, 3.63) is 0 Å². The quantitative estimate of drug-likeness (QED) is 0.583. The highest BCUT2D eigenvalue weighted by Gasteiger charge is 2.32. The minimum Gasteiger partial charge on any atom is -0.480 e. The Kier molecular flexibility index (Phi) is 4.50. The fourth-order valence-corrected chi connectivity index (χ4v) is 1.91. The van der Waals surface area contributed by atoms with Crippen LogP contribution in [0.4, 0.5) is 0 Å². The molecule has 15 heavy (non-hydrogen) atoms. The van der Waals surface area contributed by atoms with Gasteiger partial charge >= 0.3 is 5.97 Å². The SMILES string of the molecule is COCC(NCC1(O)CCCC1)C(=O)O. The van der Waals surface area contributed by atoms with Crippen molar-refractivity contribution in [2.24, 2.45) is 0 Å². The first-order chi connectivity index (χ1) is 7.07. The minimum atomic E-state index is -0.946. The summed E-state index contributed by atoms with van der Waals surface area (Å²) in [6.45, 7) is 0.443. The maximum atomic E-state index is 10.8. The fourth-order valence-electron chi connectivity index (χ4n) is 1.91. The first-order valence-corrected chi connectivity index (χ1v) is 5.25. The third kappa shape index (κ3) is 3.77. The summed E-state index contributed by atoms with van der Waals surface area (Å²) >= 11 is 0. The van der Waals surface area contributed by atoms with Gasteiger partial charge in [-0.1, -0.05) is 12.8 Å². The average Bonchev–Trinajstić information content (AvgIpc) is 2.60. The molecule has 5 nitrogen and oxygen atoms in total. The average molecular weight is 217 g/mol. The summed E-state index contributed by atoms with van der Waals surface area (Å²) in [4.78, 5) is 10.8. The normalized spacial score (nSPS) is 21.5. The van der Waals surface area contributed by atoms with Crippen LogP contribution in [0.15, 0.2) is 0 Å². The second-order valence-electron chi connectivity index (χ2n) is 4.16. The number of carboxylic acids is 1. The Morgan fingerprint density at radius 3 is 2.60 bits per heavy atom. The summed E-state index contributed by atoms with van der Waals surface area (Å²) in [5, 5.41) is 21.7. The third-order valence-corrected chi connectivity index (χ3v) is 2.84. The van der Waals surface area contributed by atoms with Crippen molar-refractivity contribution >= 4 is 5.97 Å². The molecule has 1 aliphatic carbocycles. The molecule has 0 amide bonds. The topological polar surface area (TPSA) is 78.8 Å². The zero-order valence-electron chi connectivity index (χ0n) is 9.03. The lowest BCUT2D eigenvalue weighted by Crippen LogP contribution is -2.47. The summed E-state index contributed by atoms with van der Waals surface area (Å²) in [5.41, 5.74) is -0.721. The van der Waals surface area contributed by atoms with Crippen molar-refractivity contribution in [3.8, 4) is 0 Å². The van der Waals surface area contributed by atoms with Gasteiger partial charge in [-0.2, -0.15) is 0 Å². The van der Waals surface area contributed by atoms with Crippen LogP contribution >= 0.6 is 0 Å². The van der Waals surface area contributed by atoms with Gasteiger partial charge in [0.2, 0.25) is 0 Å². The van der Waals surface area contributed by atoms with E-state index in [4.69, 9.17) is 9.84 Å². The Morgan fingerprint density at radius 1 is 1.53 bits per heavy atom. The maximum Gasteiger partial charge on any atom is 0.323 e. The molecule has 88 valence electrons. The Morgan fingerprint density at radius 2 is 2.13 bits per heavy atom. The Balaban J connectivity index is 2.35. The standard InChI is InChI=1S/C10H19NO4/c1-15-6-8(9(12)13)11-7-10(14)4-2-3-5-10/h8,11,14H,2-7H2,1H3,(H,12,13). The van der Waals surface area contributed by atoms with Crippen molar-refractivity contribution in [2.75, 3.05) is 20.3 Å². The highest BCUT2D eigenvalue weighted by molar-refractivity contribution is 5.73. The molecule has 0 aromatic carbocycles. The molecule has 1 atom stereocenters. The molecular weight excluding hydrogens is 198 g/mol. The first-order valence-electron chi connectivity index (χ1n) is 5.25. The van der Waals surface area contributed by atoms with Gasteiger partial charge in [0.25, 0.3) is 0 Å². The van der Waals surface area contributed by atoms with Crippen LogP contribution < -0.4 is 5.32 Å². The van der Waals surface area contributed by atoms with Crippen LogP contribution in [0.2, 0.25) is 0 Å². The van der Waals surface area contributed by atoms with Crippen molar-refractivity contribution in [1.29, 1.82) is 0 Å². The van der Waals surface area contributed by atoms with E-state index in [1.165, 1.54) is 7.11 Å². The van der Waals surface area contributed by atoms with Gasteiger partial charge in [-0.05, 0) is 12.8 Å². The van der Waals surface area contributed by atoms with Gasteiger partial charge in [-0.25, -0.2) is 0 Å². The number of carboxylic acid groups (broad SMARTS) is 1. The van der Waals surface area contributed by atoms with Crippen molar-refractivity contribution in [1.82, 2.24) is 5.32 Å². The van der Waals surface area contributed by atoms with Crippen molar-refractivity contribution < 1.29 is 19.7 Å². The van der Waals surface area contributed by atoms with Gasteiger partial charge in [0.15, 0.2) is 0 Å². The molecule has 0 spiro atoms. The number of methoxy groups -OCH3 is 1. The van der Waals surface area contributed by atoms with E-state index in [0.717, 1.165) is 25.7 Å². The van der Waals surface area contributed by atoms with Crippen LogP contribution in [0.3, 0.4) is 0 Å². The molecule has 0 saturated heterocycles. The Bertz CT molecular complexity index is 213. The van der Waals surface area contributed by atoms with Gasteiger partial charge in [-0.15, -0.1) is 0 Å². The summed E-state index contributed by atoms with van der Waals surface area (Å²) in [5.74, 6) is -0.946. The highest BCUT2D eigenvalue weighted by atomic mass is 16.5. The molecule has 1 saturated carbocycles. The Hall–Kier alpha value is -0.650. The number of carbonyl (C=O) groups is 1. The number of rotatable bonds is 6. The Labute approximate surface area is 89.4 Å². The molecule has 1 fully saturated rings. The van der Waals surface area contributed by atoms with E-state index in [2.05, 4.69) is 5.32 Å². The van der Waals surface area contributed by atoms with Gasteiger partial charge in [0.05, 0.1) is 12.2 Å². The molecule has 1 rings (SSSR count). The summed E-state index contributed by atoms with van der Waals surface area (Å²) in [6, 6.07) is -0.736. The largest absolute Gasteiger partial charge is 0.480 e. The highest BCUT2D eigenvalue weighted by Crippen LogP contribution is 2.28. The number of ether oxygens (including phenoxy) is 1. The molecule has 1 aliphatic rings. The smallest absolute Gasteiger partial charge is 0.323 e. The third-order valence-electron chi connectivity index (χ3n) is 2.84. The predicted molar refractivity (Wildman–Crippen MR) is 54.7 cm³/mol. The van der Waals surface area contributed by atoms with E-state index in [1.54, 1.807) is 0 Å². The second kappa shape index (κ2) is 5.44. The number of aliphatic hydroxyl groups is 1. The zero-order chi connectivity index (χ0) is 11.3. The lowest BCUT2D eigenvalue weighted by atomic mass is 10.0. The number of hydrogen-bond donors (Lipinski definition) is 3. The van der Waals surface area contributed by atoms with Crippen LogP contribution in [-0.4, -0.2) is 48.1 Å². The van der Waals surface area contributed by atoms with Crippen LogP contribution in [0, 0.1) is 0 Å². The van der Waals surface area contributed by atoms with Crippen molar-refractivity contribution in [3.63, 3.8) is 0 Å². The lowest BCUT2D eigenvalue weighted by Gasteiger charge is -2.24. The summed E-state index contributed by atoms with van der Waals surface area (Å²) < 4.78 is 4.79. The molecule has 0 aromatic rings. The van der Waals surface area contributed by atoms with Crippen LogP contribution in [0.1, 0.15) is 25.7 Å². The molecule has 3 N–H and O–H groups in total. The zero-order valence-corrected chi connectivity index (χ0v) is 9.03. The molecular formula is C10H19NO4. The molecule has 0 radical (unpaired) electrons.